The first-order valence-electron chi connectivity index (χ1n) is 33.2. The van der Waals surface area contributed by atoms with Gasteiger partial charge in [0.2, 0.25) is 35.4 Å². The van der Waals surface area contributed by atoms with Crippen molar-refractivity contribution in [3.05, 3.63) is 0 Å². The molecular formula is C60H117N29O9. The molecule has 0 aromatic carbocycles. The Kier molecular flexibility index (Phi) is 46.3. The van der Waals surface area contributed by atoms with Crippen LogP contribution in [0.5, 0.6) is 0 Å². The van der Waals surface area contributed by atoms with Crippen LogP contribution < -0.4 is 118 Å². The lowest BCUT2D eigenvalue weighted by Crippen LogP contribution is -2.52. The van der Waals surface area contributed by atoms with Gasteiger partial charge in [0.05, 0.1) is 24.0 Å². The Morgan fingerprint density at radius 1 is 0.286 bits per heavy atom. The first-order valence-corrected chi connectivity index (χ1v) is 33.2. The van der Waals surface area contributed by atoms with Gasteiger partial charge in [-0.15, -0.1) is 0 Å². The van der Waals surface area contributed by atoms with Crippen molar-refractivity contribution in [3.8, 4) is 0 Å². The minimum Gasteiger partial charge on any atom is -0.388 e. The number of Topliss-reactive ketones (excluding diaryl/α,β-unsaturated/α-hetero) is 3. The molecule has 38 heteroatoms. The molecule has 38 nitrogen and oxygen atoms in total. The molecule has 0 aromatic rings. The van der Waals surface area contributed by atoms with Gasteiger partial charge in [0.15, 0.2) is 59.1 Å². The molecule has 6 amide bonds. The number of nitrogens with one attached hydrogen (secondary N) is 5. The highest BCUT2D eigenvalue weighted by Crippen LogP contribution is 2.22. The summed E-state index contributed by atoms with van der Waals surface area (Å²) in [7, 11) is 0. The van der Waals surface area contributed by atoms with Gasteiger partial charge in [0.1, 0.15) is 12.1 Å². The first-order chi connectivity index (χ1) is 46.2. The molecule has 0 saturated carbocycles. The molecular weight excluding hydrogens is 1270 g/mol. The van der Waals surface area contributed by atoms with Crippen molar-refractivity contribution in [1.29, 1.82) is 0 Å². The Bertz CT molecular complexity index is 2720. The molecule has 0 spiro atoms. The number of carbonyl (C=O) groups excluding carboxylic acids is 9. The predicted molar refractivity (Wildman–Crippen MR) is 382 cm³/mol. The second-order valence-electron chi connectivity index (χ2n) is 24.3. The highest BCUT2D eigenvalue weighted by molar-refractivity contribution is 5.98. The maximum atomic E-state index is 15.0. The predicted octanol–water partition coefficient (Wildman–Crippen LogP) is -5.63. The number of primary amides is 1. The zero-order valence-corrected chi connectivity index (χ0v) is 57.6. The molecule has 98 heavy (non-hydrogen) atoms. The molecule has 0 aliphatic heterocycles. The molecule has 37 N–H and O–H groups in total. The topological polar surface area (TPSA) is 729 Å². The van der Waals surface area contributed by atoms with E-state index in [0.717, 1.165) is 12.8 Å². The van der Waals surface area contributed by atoms with Gasteiger partial charge in [-0.25, -0.2) is 0 Å². The average Bonchev–Trinajstić information content (AvgIpc) is 0.918. The molecule has 8 atom stereocenters. The van der Waals surface area contributed by atoms with Crippen LogP contribution >= 0.6 is 0 Å². The number of nitrogens with zero attached hydrogens (tertiary/aromatic N) is 8. The normalized spacial score (nSPS) is 13.5. The Labute approximate surface area is 574 Å². The molecule has 0 radical (unpaired) electrons. The molecule has 0 aliphatic carbocycles. The smallest absolute Gasteiger partial charge is 0.243 e. The molecule has 0 unspecified atom stereocenters. The second kappa shape index (κ2) is 51.5. The van der Waals surface area contributed by atoms with E-state index in [2.05, 4.69) is 80.4 Å². The summed E-state index contributed by atoms with van der Waals surface area (Å²) in [4.78, 5) is 161. The van der Waals surface area contributed by atoms with E-state index in [1.54, 1.807) is 6.92 Å². The minimum atomic E-state index is -1.36. The van der Waals surface area contributed by atoms with Gasteiger partial charge >= 0.3 is 0 Å². The van der Waals surface area contributed by atoms with Crippen molar-refractivity contribution in [3.63, 3.8) is 0 Å². The fraction of sp³-hybridized carbons (Fsp3) is 0.717. The van der Waals surface area contributed by atoms with Gasteiger partial charge in [0.25, 0.3) is 0 Å². The number of guanidine groups is 7. The maximum absolute atomic E-state index is 15.0. The quantitative estimate of drug-likeness (QED) is 0.0153. The number of hydrogen-bond donors (Lipinski definition) is 21. The number of unbranched alkanes of at least 4 members (excludes halogenated alkanes) is 1. The Morgan fingerprint density at radius 3 is 0.816 bits per heavy atom. The van der Waals surface area contributed by atoms with Crippen molar-refractivity contribution in [2.45, 2.75) is 199 Å². The fourth-order valence-corrected chi connectivity index (χ4v) is 10.1. The monoisotopic (exact) mass is 1390 g/mol. The molecule has 0 fully saturated rings. The van der Waals surface area contributed by atoms with Crippen molar-refractivity contribution in [2.75, 3.05) is 52.4 Å². The third kappa shape index (κ3) is 45.5. The van der Waals surface area contributed by atoms with E-state index in [4.69, 9.17) is 91.7 Å². The first kappa shape index (κ1) is 88.2. The molecule has 0 aromatic heterocycles. The summed E-state index contributed by atoms with van der Waals surface area (Å²) in [6, 6.07) is -6.22. The summed E-state index contributed by atoms with van der Waals surface area (Å²) in [5, 5.41) is 13.9. The molecule has 0 saturated heterocycles. The lowest BCUT2D eigenvalue weighted by atomic mass is 9.88. The summed E-state index contributed by atoms with van der Waals surface area (Å²) < 4.78 is 0. The Morgan fingerprint density at radius 2 is 0.541 bits per heavy atom. The summed E-state index contributed by atoms with van der Waals surface area (Å²) in [6.07, 6.45) is 2.40. The number of amides is 6. The summed E-state index contributed by atoms with van der Waals surface area (Å²) >= 11 is 0. The second-order valence-corrected chi connectivity index (χ2v) is 24.3. The number of nitrogens with two attached hydrogens (primary N) is 16. The van der Waals surface area contributed by atoms with E-state index in [1.165, 1.54) is 0 Å². The standard InChI is InChI=1S/C60H117N29O9/c1-35(2)14-4-5-23-48(93)85-44(22-13-31-84-60(75)76)53(98)88-42(20-11-30-83-59(73)74)47(92)33-38(16-7-26-79-55(65)66)51(96)86-40(18-9-28-81-57(69)70)45(90)32-37(15-6-25-78-54(63)64)50(95)87-41(19-10-29-82-58(71)72)46(91)34-39(17-8-27-80-56(67)68)52(97)89-43(49(62)94)21-12-24-77-36(3)61/h35,37-44H,4-34H2,1-3H3,(H2,61,77)(H2,62,94)(H,85,93)(H,86,96)(H,87,95)(H,88,98)(H,89,97)(H4,63,64,78)(H4,65,66,79)(H4,67,68,80)(H4,69,70,81)(H4,71,72,82)(H4,73,74,83)(H4,75,76,84)/t37-,38-,39-,40+,41+,42+,43+,44-/m1/s1. The van der Waals surface area contributed by atoms with Gasteiger partial charge in [0, 0.05) is 95.8 Å². The number of carbonyl (C=O) groups is 9. The van der Waals surface area contributed by atoms with E-state index in [1.807, 2.05) is 0 Å². The number of aliphatic imine (C=N–C) groups is 8. The minimum absolute atomic E-state index is 0.00364. The lowest BCUT2D eigenvalue weighted by Gasteiger charge is -2.27. The van der Waals surface area contributed by atoms with Crippen LogP contribution in [0.3, 0.4) is 0 Å². The van der Waals surface area contributed by atoms with Crippen LogP contribution in [0, 0.1) is 23.7 Å². The number of ketones is 3. The van der Waals surface area contributed by atoms with E-state index in [0.29, 0.717) is 24.6 Å². The molecule has 0 rings (SSSR count). The van der Waals surface area contributed by atoms with Crippen LogP contribution in [0.1, 0.15) is 168 Å². The van der Waals surface area contributed by atoms with Crippen LogP contribution in [-0.4, -0.2) is 183 Å². The lowest BCUT2D eigenvalue weighted by molar-refractivity contribution is -0.136. The number of hydrogen-bond acceptors (Lipinski definition) is 17. The molecule has 556 valence electrons. The van der Waals surface area contributed by atoms with Gasteiger partial charge in [-0.2, -0.15) is 0 Å². The van der Waals surface area contributed by atoms with Crippen molar-refractivity contribution in [2.24, 2.45) is 155 Å². The number of amidine groups is 1. The van der Waals surface area contributed by atoms with E-state index in [9.17, 15) is 43.2 Å². The molecule has 0 heterocycles. The van der Waals surface area contributed by atoms with Gasteiger partial charge < -0.3 is 118 Å². The van der Waals surface area contributed by atoms with Crippen molar-refractivity contribution in [1.82, 2.24) is 26.6 Å². The Hall–Kier alpha value is -9.81. The summed E-state index contributed by atoms with van der Waals surface area (Å²) in [6.45, 7) is 6.33. The van der Waals surface area contributed by atoms with Crippen molar-refractivity contribution >= 4 is 100 Å². The fourth-order valence-electron chi connectivity index (χ4n) is 10.1. The highest BCUT2D eigenvalue weighted by atomic mass is 16.2. The summed E-state index contributed by atoms with van der Waals surface area (Å²) in [5.74, 6) is -10.4. The van der Waals surface area contributed by atoms with Crippen LogP contribution in [0.2, 0.25) is 0 Å². The number of rotatable bonds is 56. The van der Waals surface area contributed by atoms with Crippen molar-refractivity contribution < 1.29 is 43.2 Å². The van der Waals surface area contributed by atoms with Crippen LogP contribution in [0.15, 0.2) is 39.9 Å². The van der Waals surface area contributed by atoms with Crippen LogP contribution in [-0.2, 0) is 43.2 Å². The van der Waals surface area contributed by atoms with Gasteiger partial charge in [-0.3, -0.25) is 83.1 Å². The molecule has 0 aliphatic rings. The zero-order chi connectivity index (χ0) is 74.1. The SMILES string of the molecule is CC(N)=NCCC[C@H](NC(=O)[C@H](CCCN=C(N)N)CC(=O)[C@H](CCCN=C(N)N)NC(=O)[C@H](CCCN=C(N)N)CC(=O)[C@H](CCCN=C(N)N)NC(=O)[C@H](CCCN=C(N)N)CC(=O)[C@H](CCCN=C(N)N)NC(=O)[C@@H](CCCN=C(N)N)NC(=O)CCCCC(C)C)C(N)=O. The van der Waals surface area contributed by atoms with Crippen LogP contribution in [0.4, 0.5) is 0 Å². The third-order valence-electron chi connectivity index (χ3n) is 15.1. The largest absolute Gasteiger partial charge is 0.388 e. The zero-order valence-electron chi connectivity index (χ0n) is 57.6. The summed E-state index contributed by atoms with van der Waals surface area (Å²) in [5.41, 5.74) is 89.8. The van der Waals surface area contributed by atoms with E-state index >= 15 is 0 Å². The van der Waals surface area contributed by atoms with Crippen LogP contribution in [0.25, 0.3) is 0 Å². The average molecular weight is 1390 g/mol. The highest BCUT2D eigenvalue weighted by Gasteiger charge is 2.35. The van der Waals surface area contributed by atoms with Gasteiger partial charge in [-0.05, 0) is 122 Å². The van der Waals surface area contributed by atoms with E-state index in [-0.39, 0.29) is 203 Å². The maximum Gasteiger partial charge on any atom is 0.243 e. The third-order valence-corrected chi connectivity index (χ3v) is 15.1. The molecule has 0 bridgehead atoms. The van der Waals surface area contributed by atoms with E-state index < -0.39 is 114 Å². The van der Waals surface area contributed by atoms with Gasteiger partial charge in [-0.1, -0.05) is 26.7 Å². The Balaban J connectivity index is 7.70.